The Morgan fingerprint density at radius 1 is 1.40 bits per heavy atom. The summed E-state index contributed by atoms with van der Waals surface area (Å²) in [7, 11) is 1.69. The summed E-state index contributed by atoms with van der Waals surface area (Å²) < 4.78 is 10.7. The Hall–Kier alpha value is -0.850. The highest BCUT2D eigenvalue weighted by atomic mass is 32.2. The second-order valence-electron chi connectivity index (χ2n) is 5.16. The van der Waals surface area contributed by atoms with Gasteiger partial charge in [-0.2, -0.15) is 11.8 Å². The van der Waals surface area contributed by atoms with Crippen LogP contribution in [0.4, 0.5) is 5.82 Å². The number of hydrogen-bond donors (Lipinski definition) is 0. The summed E-state index contributed by atoms with van der Waals surface area (Å²) >= 11 is 2.01. The molecule has 0 amide bonds. The van der Waals surface area contributed by atoms with Crippen LogP contribution in [0.5, 0.6) is 0 Å². The zero-order chi connectivity index (χ0) is 13.8. The Morgan fingerprint density at radius 2 is 2.25 bits per heavy atom. The van der Waals surface area contributed by atoms with Gasteiger partial charge in [-0.05, 0) is 6.42 Å². The molecule has 2 aliphatic heterocycles. The summed E-state index contributed by atoms with van der Waals surface area (Å²) in [5, 5.41) is 0. The molecule has 2 saturated heterocycles. The smallest absolute Gasteiger partial charge is 0.156 e. The van der Waals surface area contributed by atoms with E-state index < -0.39 is 0 Å². The Balaban J connectivity index is 1.86. The van der Waals surface area contributed by atoms with E-state index in [1.165, 1.54) is 11.5 Å². The number of nitrogens with zero attached hydrogens (tertiary/aromatic N) is 3. The van der Waals surface area contributed by atoms with Gasteiger partial charge in [-0.25, -0.2) is 9.97 Å². The fourth-order valence-corrected chi connectivity index (χ4v) is 3.53. The third-order valence-electron chi connectivity index (χ3n) is 3.74. The zero-order valence-electron chi connectivity index (χ0n) is 11.9. The van der Waals surface area contributed by atoms with Crippen LogP contribution < -0.4 is 4.90 Å². The summed E-state index contributed by atoms with van der Waals surface area (Å²) in [6.07, 6.45) is 1.05. The van der Waals surface area contributed by atoms with Gasteiger partial charge in [-0.1, -0.05) is 0 Å². The molecule has 5 nitrogen and oxygen atoms in total. The normalized spacial score (nSPS) is 23.2. The molecule has 0 spiro atoms. The molecule has 2 fully saturated rings. The predicted molar refractivity (Wildman–Crippen MR) is 80.5 cm³/mol. The molecular weight excluding hydrogens is 274 g/mol. The molecule has 110 valence electrons. The molecule has 1 atom stereocenters. The van der Waals surface area contributed by atoms with Crippen LogP contribution >= 0.6 is 11.8 Å². The van der Waals surface area contributed by atoms with Gasteiger partial charge in [0.25, 0.3) is 0 Å². The number of hydrogen-bond acceptors (Lipinski definition) is 6. The van der Waals surface area contributed by atoms with Crippen molar-refractivity contribution in [2.24, 2.45) is 0 Å². The van der Waals surface area contributed by atoms with E-state index in [2.05, 4.69) is 20.9 Å². The van der Waals surface area contributed by atoms with E-state index in [4.69, 9.17) is 9.47 Å². The summed E-state index contributed by atoms with van der Waals surface area (Å²) in [6, 6.07) is 2.15. The molecule has 1 aromatic rings. The Kier molecular flexibility index (Phi) is 4.75. The van der Waals surface area contributed by atoms with Crippen molar-refractivity contribution in [3.8, 4) is 0 Å². The van der Waals surface area contributed by atoms with E-state index in [0.717, 1.165) is 50.1 Å². The lowest BCUT2D eigenvalue weighted by Gasteiger charge is -2.28. The molecule has 3 heterocycles. The second kappa shape index (κ2) is 6.74. The quantitative estimate of drug-likeness (QED) is 0.842. The first kappa shape index (κ1) is 14.1. The van der Waals surface area contributed by atoms with Gasteiger partial charge in [0.1, 0.15) is 12.4 Å². The largest absolute Gasteiger partial charge is 0.381 e. The van der Waals surface area contributed by atoms with E-state index in [9.17, 15) is 0 Å². The van der Waals surface area contributed by atoms with E-state index in [0.29, 0.717) is 12.5 Å². The molecular formula is C14H21N3O2S. The topological polar surface area (TPSA) is 47.5 Å². The summed E-state index contributed by atoms with van der Waals surface area (Å²) in [5.74, 6) is 4.59. The zero-order valence-corrected chi connectivity index (χ0v) is 12.7. The third-order valence-corrected chi connectivity index (χ3v) is 4.68. The van der Waals surface area contributed by atoms with Gasteiger partial charge in [0, 0.05) is 50.3 Å². The molecule has 2 aliphatic rings. The lowest BCUT2D eigenvalue weighted by atomic mass is 10.0. The molecule has 0 saturated carbocycles. The van der Waals surface area contributed by atoms with Crippen LogP contribution in [-0.2, 0) is 16.1 Å². The number of thioether (sulfide) groups is 1. The standard InChI is InChI=1S/C14H21N3O2S/c1-18-10-13-15-12(11-2-5-19-9-11)8-14(16-13)17-3-6-20-7-4-17/h8,11H,2-7,9-10H2,1H3/t11-/m0/s1. The van der Waals surface area contributed by atoms with E-state index in [1.807, 2.05) is 11.8 Å². The molecule has 0 unspecified atom stereocenters. The summed E-state index contributed by atoms with van der Waals surface area (Å²) in [5.41, 5.74) is 1.11. The van der Waals surface area contributed by atoms with E-state index >= 15 is 0 Å². The monoisotopic (exact) mass is 295 g/mol. The highest BCUT2D eigenvalue weighted by Gasteiger charge is 2.22. The van der Waals surface area contributed by atoms with Gasteiger partial charge in [-0.15, -0.1) is 0 Å². The van der Waals surface area contributed by atoms with Crippen LogP contribution in [0.1, 0.15) is 23.9 Å². The van der Waals surface area contributed by atoms with Crippen LogP contribution in [0.15, 0.2) is 6.07 Å². The van der Waals surface area contributed by atoms with Crippen molar-refractivity contribution in [2.75, 3.05) is 49.8 Å². The molecule has 0 aromatic carbocycles. The van der Waals surface area contributed by atoms with Crippen molar-refractivity contribution in [1.29, 1.82) is 0 Å². The summed E-state index contributed by atoms with van der Waals surface area (Å²) in [4.78, 5) is 11.7. The number of methoxy groups -OCH3 is 1. The Bertz CT molecular complexity index is 446. The van der Waals surface area contributed by atoms with Gasteiger partial charge in [-0.3, -0.25) is 0 Å². The maximum atomic E-state index is 5.49. The van der Waals surface area contributed by atoms with Crippen molar-refractivity contribution >= 4 is 17.6 Å². The number of rotatable bonds is 4. The van der Waals surface area contributed by atoms with Crippen molar-refractivity contribution < 1.29 is 9.47 Å². The van der Waals surface area contributed by atoms with Gasteiger partial charge in [0.05, 0.1) is 12.3 Å². The number of anilines is 1. The highest BCUT2D eigenvalue weighted by molar-refractivity contribution is 7.99. The minimum absolute atomic E-state index is 0.409. The third kappa shape index (κ3) is 3.24. The van der Waals surface area contributed by atoms with Crippen LogP contribution in [0.25, 0.3) is 0 Å². The highest BCUT2D eigenvalue weighted by Crippen LogP contribution is 2.27. The minimum Gasteiger partial charge on any atom is -0.381 e. The van der Waals surface area contributed by atoms with E-state index in [1.54, 1.807) is 7.11 Å². The molecule has 20 heavy (non-hydrogen) atoms. The minimum atomic E-state index is 0.409. The molecule has 0 aliphatic carbocycles. The molecule has 3 rings (SSSR count). The van der Waals surface area contributed by atoms with E-state index in [-0.39, 0.29) is 0 Å². The first-order valence-electron chi connectivity index (χ1n) is 7.14. The Labute approximate surface area is 124 Å². The van der Waals surface area contributed by atoms with Crippen LogP contribution in [-0.4, -0.2) is 54.9 Å². The second-order valence-corrected chi connectivity index (χ2v) is 6.38. The van der Waals surface area contributed by atoms with Crippen LogP contribution in [0, 0.1) is 0 Å². The lowest BCUT2D eigenvalue weighted by Crippen LogP contribution is -2.33. The molecule has 0 bridgehead atoms. The molecule has 0 N–H and O–H groups in total. The maximum Gasteiger partial charge on any atom is 0.156 e. The first-order chi connectivity index (χ1) is 9.86. The van der Waals surface area contributed by atoms with Crippen molar-refractivity contribution in [3.05, 3.63) is 17.6 Å². The van der Waals surface area contributed by atoms with Gasteiger partial charge in [0.2, 0.25) is 0 Å². The van der Waals surface area contributed by atoms with Gasteiger partial charge in [0.15, 0.2) is 5.82 Å². The first-order valence-corrected chi connectivity index (χ1v) is 8.29. The average molecular weight is 295 g/mol. The number of aromatic nitrogens is 2. The maximum absolute atomic E-state index is 5.49. The van der Waals surface area contributed by atoms with Gasteiger partial charge < -0.3 is 14.4 Å². The van der Waals surface area contributed by atoms with Crippen molar-refractivity contribution in [2.45, 2.75) is 18.9 Å². The SMILES string of the molecule is COCc1nc([C@H]2CCOC2)cc(N2CCSCC2)n1. The van der Waals surface area contributed by atoms with Crippen molar-refractivity contribution in [3.63, 3.8) is 0 Å². The lowest BCUT2D eigenvalue weighted by molar-refractivity contribution is 0.177. The van der Waals surface area contributed by atoms with Crippen LogP contribution in [0.3, 0.4) is 0 Å². The van der Waals surface area contributed by atoms with Gasteiger partial charge >= 0.3 is 0 Å². The average Bonchev–Trinajstić information content (AvgIpc) is 3.02. The molecule has 6 heteroatoms. The fraction of sp³-hybridized carbons (Fsp3) is 0.714. The summed E-state index contributed by atoms with van der Waals surface area (Å²) in [6.45, 7) is 4.21. The molecule has 0 radical (unpaired) electrons. The fourth-order valence-electron chi connectivity index (χ4n) is 2.63. The number of ether oxygens (including phenoxy) is 2. The predicted octanol–water partition coefficient (Wildman–Crippen LogP) is 1.68. The molecule has 1 aromatic heterocycles. The Morgan fingerprint density at radius 3 is 2.95 bits per heavy atom. The van der Waals surface area contributed by atoms with Crippen molar-refractivity contribution in [1.82, 2.24) is 9.97 Å². The van der Waals surface area contributed by atoms with Crippen LogP contribution in [0.2, 0.25) is 0 Å².